The Balaban J connectivity index is 4.61. The smallest absolute Gasteiger partial charge is 0.233 e. The van der Waals surface area contributed by atoms with Crippen LogP contribution in [0.4, 0.5) is 0 Å². The van der Waals surface area contributed by atoms with Crippen LogP contribution in [-0.2, 0) is 14.4 Å². The van der Waals surface area contributed by atoms with Gasteiger partial charge in [0.25, 0.3) is 0 Å². The van der Waals surface area contributed by atoms with Gasteiger partial charge in [-0.1, -0.05) is 6.92 Å². The summed E-state index contributed by atoms with van der Waals surface area (Å²) in [6.07, 6.45) is 0.431. The van der Waals surface area contributed by atoms with Crippen molar-refractivity contribution in [1.29, 1.82) is 0 Å². The van der Waals surface area contributed by atoms with Crippen molar-refractivity contribution >= 4 is 42.0 Å². The maximum absolute atomic E-state index is 12.1. The zero-order chi connectivity index (χ0) is 17.1. The molecule has 0 radical (unpaired) electrons. The first-order valence-electron chi connectivity index (χ1n) is 7.39. The van der Waals surface area contributed by atoms with Crippen LogP contribution in [0.3, 0.4) is 0 Å². The lowest BCUT2D eigenvalue weighted by Crippen LogP contribution is -2.41. The van der Waals surface area contributed by atoms with E-state index in [0.29, 0.717) is 24.5 Å². The van der Waals surface area contributed by atoms with Crippen molar-refractivity contribution in [3.8, 4) is 0 Å². The van der Waals surface area contributed by atoms with Crippen molar-refractivity contribution < 1.29 is 14.4 Å². The average molecular weight is 350 g/mol. The molecular formula is C14H27N3O3S2. The monoisotopic (exact) mass is 349 g/mol. The number of carbonyl (C=O) groups excluding carboxylic acids is 3. The second-order valence-electron chi connectivity index (χ2n) is 5.19. The Kier molecular flexibility index (Phi) is 11.4. The molecule has 0 aromatic heterocycles. The van der Waals surface area contributed by atoms with Gasteiger partial charge < -0.3 is 16.4 Å². The minimum atomic E-state index is -0.608. The third-order valence-corrected chi connectivity index (χ3v) is 4.32. The third kappa shape index (κ3) is 9.32. The van der Waals surface area contributed by atoms with Crippen molar-refractivity contribution in [1.82, 2.24) is 10.6 Å². The van der Waals surface area contributed by atoms with Crippen molar-refractivity contribution in [2.75, 3.05) is 18.1 Å². The largest absolute Gasteiger partial charge is 0.354 e. The molecule has 22 heavy (non-hydrogen) atoms. The van der Waals surface area contributed by atoms with Gasteiger partial charge in [-0.2, -0.15) is 12.6 Å². The lowest BCUT2D eigenvalue weighted by atomic mass is 10.2. The number of nitrogens with one attached hydrogen (secondary N) is 2. The van der Waals surface area contributed by atoms with Gasteiger partial charge in [-0.3, -0.25) is 14.4 Å². The van der Waals surface area contributed by atoms with E-state index in [-0.39, 0.29) is 30.1 Å². The summed E-state index contributed by atoms with van der Waals surface area (Å²) in [5.74, 6) is 0.377. The molecule has 0 fully saturated rings. The fourth-order valence-electron chi connectivity index (χ4n) is 1.64. The highest BCUT2D eigenvalue weighted by atomic mass is 32.2. The number of nitrogens with two attached hydrogens (primary N) is 1. The number of ketones is 1. The summed E-state index contributed by atoms with van der Waals surface area (Å²) in [4.78, 5) is 35.5. The number of carbonyl (C=O) groups is 3. The highest BCUT2D eigenvalue weighted by Gasteiger charge is 2.24. The van der Waals surface area contributed by atoms with E-state index < -0.39 is 11.3 Å². The van der Waals surface area contributed by atoms with E-state index >= 15 is 0 Å². The van der Waals surface area contributed by atoms with Crippen LogP contribution in [0.2, 0.25) is 0 Å². The van der Waals surface area contributed by atoms with Crippen LogP contribution in [0.15, 0.2) is 0 Å². The molecule has 1 unspecified atom stereocenters. The Morgan fingerprint density at radius 1 is 1.27 bits per heavy atom. The number of thioether (sulfide) groups is 1. The molecular weight excluding hydrogens is 322 g/mol. The second-order valence-corrected chi connectivity index (χ2v) is 6.87. The molecule has 0 heterocycles. The van der Waals surface area contributed by atoms with Gasteiger partial charge in [0.15, 0.2) is 0 Å². The third-order valence-electron chi connectivity index (χ3n) is 2.76. The van der Waals surface area contributed by atoms with Crippen molar-refractivity contribution in [2.45, 2.75) is 50.9 Å². The molecule has 6 nitrogen and oxygen atoms in total. The Labute approximate surface area is 142 Å². The molecule has 0 bridgehead atoms. The Morgan fingerprint density at radius 3 is 2.41 bits per heavy atom. The number of hydrogen-bond acceptors (Lipinski definition) is 6. The van der Waals surface area contributed by atoms with Gasteiger partial charge in [-0.25, -0.2) is 0 Å². The minimum Gasteiger partial charge on any atom is -0.354 e. The molecule has 4 N–H and O–H groups in total. The van der Waals surface area contributed by atoms with Gasteiger partial charge in [0, 0.05) is 36.9 Å². The molecule has 0 aromatic rings. The summed E-state index contributed by atoms with van der Waals surface area (Å²) in [5.41, 5.74) is 5.77. The number of amides is 2. The zero-order valence-electron chi connectivity index (χ0n) is 13.4. The van der Waals surface area contributed by atoms with Crippen molar-refractivity contribution in [3.05, 3.63) is 0 Å². The summed E-state index contributed by atoms with van der Waals surface area (Å²) in [5, 5.41) is 4.92. The molecule has 0 aliphatic carbocycles. The molecule has 0 saturated heterocycles. The fourth-order valence-corrected chi connectivity index (χ4v) is 2.89. The predicted molar refractivity (Wildman–Crippen MR) is 94.3 cm³/mol. The summed E-state index contributed by atoms with van der Waals surface area (Å²) >= 11 is 5.28. The van der Waals surface area contributed by atoms with Gasteiger partial charge in [-0.05, 0) is 13.8 Å². The van der Waals surface area contributed by atoms with Gasteiger partial charge in [-0.15, -0.1) is 11.8 Å². The quantitative estimate of drug-likeness (QED) is 0.403. The first-order valence-corrected chi connectivity index (χ1v) is 9.07. The fraction of sp³-hybridized carbons (Fsp3) is 0.786. The molecule has 2 amide bonds. The SMILES string of the molecule is CCC(=O)[C@@H](N)CSC(CC(=O)NC(C)C)C(=O)NCCS. The maximum atomic E-state index is 12.1. The van der Waals surface area contributed by atoms with Crippen LogP contribution >= 0.6 is 24.4 Å². The standard InChI is InChI=1S/C14H27N3O3S2/c1-4-11(18)10(15)8-22-12(14(20)16-5-6-21)7-13(19)17-9(2)3/h9-10,12,21H,4-8,15H2,1-3H3,(H,16,20)(H,17,19)/t10-,12?/m0/s1. The normalized spacial score (nSPS) is 13.5. The van der Waals surface area contributed by atoms with E-state index in [1.165, 1.54) is 11.8 Å². The molecule has 0 spiro atoms. The van der Waals surface area contributed by atoms with Crippen molar-refractivity contribution in [2.24, 2.45) is 5.73 Å². The Morgan fingerprint density at radius 2 is 1.91 bits per heavy atom. The maximum Gasteiger partial charge on any atom is 0.233 e. The summed E-state index contributed by atoms with van der Waals surface area (Å²) in [6, 6.07) is -0.592. The van der Waals surface area contributed by atoms with E-state index in [9.17, 15) is 14.4 Å². The van der Waals surface area contributed by atoms with Crippen LogP contribution in [0.25, 0.3) is 0 Å². The number of hydrogen-bond donors (Lipinski definition) is 4. The summed E-state index contributed by atoms with van der Waals surface area (Å²) < 4.78 is 0. The highest BCUT2D eigenvalue weighted by molar-refractivity contribution is 8.00. The van der Waals surface area contributed by atoms with Crippen LogP contribution in [0.5, 0.6) is 0 Å². The van der Waals surface area contributed by atoms with Crippen LogP contribution in [-0.4, -0.2) is 53.0 Å². The van der Waals surface area contributed by atoms with Gasteiger partial charge >= 0.3 is 0 Å². The van der Waals surface area contributed by atoms with Crippen molar-refractivity contribution in [3.63, 3.8) is 0 Å². The van der Waals surface area contributed by atoms with E-state index in [0.717, 1.165) is 0 Å². The first-order chi connectivity index (χ1) is 10.3. The highest BCUT2D eigenvalue weighted by Crippen LogP contribution is 2.17. The average Bonchev–Trinajstić information content (AvgIpc) is 2.46. The molecule has 8 heteroatoms. The van der Waals surface area contributed by atoms with Gasteiger partial charge in [0.05, 0.1) is 11.3 Å². The van der Waals surface area contributed by atoms with Crippen LogP contribution < -0.4 is 16.4 Å². The number of thiol groups is 1. The second kappa shape index (κ2) is 11.8. The molecule has 0 aliphatic heterocycles. The summed E-state index contributed by atoms with van der Waals surface area (Å²) in [7, 11) is 0. The zero-order valence-corrected chi connectivity index (χ0v) is 15.1. The van der Waals surface area contributed by atoms with Gasteiger partial charge in [0.2, 0.25) is 11.8 Å². The molecule has 2 atom stereocenters. The molecule has 128 valence electrons. The minimum absolute atomic E-state index is 0.0163. The molecule has 0 rings (SSSR count). The Hall–Kier alpha value is -0.730. The van der Waals surface area contributed by atoms with E-state index in [1.807, 2.05) is 13.8 Å². The predicted octanol–water partition coefficient (Wildman–Crippen LogP) is 0.355. The van der Waals surface area contributed by atoms with Crippen LogP contribution in [0, 0.1) is 0 Å². The lowest BCUT2D eigenvalue weighted by Gasteiger charge is -2.18. The first kappa shape index (κ1) is 21.3. The molecule has 0 aliphatic rings. The van der Waals surface area contributed by atoms with E-state index in [2.05, 4.69) is 23.3 Å². The number of Topliss-reactive ketones (excluding diaryl/α,β-unsaturated/α-hetero) is 1. The van der Waals surface area contributed by atoms with E-state index in [4.69, 9.17) is 5.73 Å². The Bertz CT molecular complexity index is 378. The lowest BCUT2D eigenvalue weighted by molar-refractivity contribution is -0.126. The molecule has 0 saturated carbocycles. The number of rotatable bonds is 11. The van der Waals surface area contributed by atoms with Crippen LogP contribution in [0.1, 0.15) is 33.6 Å². The summed E-state index contributed by atoms with van der Waals surface area (Å²) in [6.45, 7) is 5.90. The van der Waals surface area contributed by atoms with E-state index in [1.54, 1.807) is 6.92 Å². The molecule has 0 aromatic carbocycles. The van der Waals surface area contributed by atoms with Gasteiger partial charge in [0.1, 0.15) is 5.78 Å². The topological polar surface area (TPSA) is 101 Å².